The summed E-state index contributed by atoms with van der Waals surface area (Å²) in [4.78, 5) is 14.4. The normalized spacial score (nSPS) is 12.7. The maximum atomic E-state index is 12.2. The number of rotatable bonds is 8. The van der Waals surface area contributed by atoms with Crippen LogP contribution in [0.5, 0.6) is 0 Å². The van der Waals surface area contributed by atoms with Crippen molar-refractivity contribution in [1.29, 1.82) is 0 Å². The van der Waals surface area contributed by atoms with Crippen molar-refractivity contribution in [3.63, 3.8) is 0 Å². The van der Waals surface area contributed by atoms with Gasteiger partial charge in [-0.05, 0) is 44.9 Å². The molecule has 0 aliphatic carbocycles. The monoisotopic (exact) mass is 292 g/mol. The highest BCUT2D eigenvalue weighted by molar-refractivity contribution is 5.75. The Labute approximate surface area is 128 Å². The van der Waals surface area contributed by atoms with Crippen LogP contribution in [-0.2, 0) is 16.1 Å². The summed E-state index contributed by atoms with van der Waals surface area (Å²) < 4.78 is 5.24. The van der Waals surface area contributed by atoms with Gasteiger partial charge in [0.1, 0.15) is 6.04 Å². The van der Waals surface area contributed by atoms with E-state index in [0.29, 0.717) is 6.61 Å². The third kappa shape index (κ3) is 5.38. The van der Waals surface area contributed by atoms with Crippen molar-refractivity contribution in [2.75, 3.05) is 12.3 Å². The van der Waals surface area contributed by atoms with Crippen LogP contribution in [0.3, 0.4) is 0 Å². The Morgan fingerprint density at radius 3 is 2.33 bits per heavy atom. The molecule has 0 bridgehead atoms. The van der Waals surface area contributed by atoms with Gasteiger partial charge in [0.05, 0.1) is 6.61 Å². The standard InChI is InChI=1S/C17H28N2O2/c1-5-7-16(17(20)21-6-2)19(13(3)4)12-14-8-10-15(18)11-9-14/h8-11,13,16H,5-7,12,18H2,1-4H3. The topological polar surface area (TPSA) is 55.6 Å². The van der Waals surface area contributed by atoms with Crippen LogP contribution in [0.25, 0.3) is 0 Å². The first-order valence-corrected chi connectivity index (χ1v) is 7.76. The van der Waals surface area contributed by atoms with Crippen molar-refractivity contribution < 1.29 is 9.53 Å². The minimum Gasteiger partial charge on any atom is -0.465 e. The lowest BCUT2D eigenvalue weighted by Crippen LogP contribution is -2.45. The van der Waals surface area contributed by atoms with Gasteiger partial charge in [-0.25, -0.2) is 0 Å². The summed E-state index contributed by atoms with van der Waals surface area (Å²) in [5, 5.41) is 0. The molecular weight excluding hydrogens is 264 g/mol. The van der Waals surface area contributed by atoms with Crippen LogP contribution in [-0.4, -0.2) is 29.6 Å². The second-order valence-electron chi connectivity index (χ2n) is 5.56. The Hall–Kier alpha value is -1.55. The van der Waals surface area contributed by atoms with E-state index in [9.17, 15) is 4.79 Å². The Morgan fingerprint density at radius 2 is 1.86 bits per heavy atom. The first-order valence-electron chi connectivity index (χ1n) is 7.76. The van der Waals surface area contributed by atoms with Gasteiger partial charge < -0.3 is 10.5 Å². The van der Waals surface area contributed by atoms with Crippen molar-refractivity contribution in [2.45, 2.75) is 59.2 Å². The van der Waals surface area contributed by atoms with Crippen LogP contribution in [0, 0.1) is 0 Å². The smallest absolute Gasteiger partial charge is 0.323 e. The first-order chi connectivity index (χ1) is 9.99. The molecule has 0 saturated heterocycles. The molecule has 0 aliphatic rings. The molecule has 1 unspecified atom stereocenters. The molecule has 2 N–H and O–H groups in total. The van der Waals surface area contributed by atoms with Crippen LogP contribution < -0.4 is 5.73 Å². The summed E-state index contributed by atoms with van der Waals surface area (Å²) >= 11 is 0. The number of ether oxygens (including phenoxy) is 1. The maximum Gasteiger partial charge on any atom is 0.323 e. The summed E-state index contributed by atoms with van der Waals surface area (Å²) in [6, 6.07) is 7.90. The molecule has 0 aliphatic heterocycles. The number of esters is 1. The van der Waals surface area contributed by atoms with Gasteiger partial charge in [-0.2, -0.15) is 0 Å². The van der Waals surface area contributed by atoms with Crippen LogP contribution in [0.2, 0.25) is 0 Å². The number of hydrogen-bond donors (Lipinski definition) is 1. The van der Waals surface area contributed by atoms with Gasteiger partial charge in [0, 0.05) is 18.3 Å². The van der Waals surface area contributed by atoms with Crippen molar-refractivity contribution in [1.82, 2.24) is 4.90 Å². The van der Waals surface area contributed by atoms with Crippen LogP contribution in [0.15, 0.2) is 24.3 Å². The summed E-state index contributed by atoms with van der Waals surface area (Å²) in [5.41, 5.74) is 7.64. The molecular formula is C17H28N2O2. The van der Waals surface area contributed by atoms with E-state index in [4.69, 9.17) is 10.5 Å². The zero-order chi connectivity index (χ0) is 15.8. The number of carbonyl (C=O) groups excluding carboxylic acids is 1. The molecule has 1 rings (SSSR count). The highest BCUT2D eigenvalue weighted by atomic mass is 16.5. The molecule has 1 aromatic carbocycles. The highest BCUT2D eigenvalue weighted by Crippen LogP contribution is 2.18. The Kier molecular flexibility index (Phi) is 7.23. The summed E-state index contributed by atoms with van der Waals surface area (Å²) in [5.74, 6) is -0.122. The Morgan fingerprint density at radius 1 is 1.24 bits per heavy atom. The lowest BCUT2D eigenvalue weighted by molar-refractivity contribution is -0.151. The number of benzene rings is 1. The molecule has 118 valence electrons. The predicted octanol–water partition coefficient (Wildman–Crippen LogP) is 3.21. The SMILES string of the molecule is CCCC(C(=O)OCC)N(Cc1ccc(N)cc1)C(C)C. The molecule has 1 aromatic rings. The molecule has 0 saturated carbocycles. The van der Waals surface area contributed by atoms with Crippen molar-refractivity contribution in [3.8, 4) is 0 Å². The van der Waals surface area contributed by atoms with E-state index in [0.717, 1.165) is 30.6 Å². The quantitative estimate of drug-likeness (QED) is 0.590. The molecule has 0 heterocycles. The number of carbonyl (C=O) groups is 1. The number of anilines is 1. The Bertz CT molecular complexity index is 429. The molecule has 21 heavy (non-hydrogen) atoms. The number of hydrogen-bond acceptors (Lipinski definition) is 4. The van der Waals surface area contributed by atoms with Crippen LogP contribution in [0.1, 0.15) is 46.1 Å². The molecule has 1 atom stereocenters. The molecule has 4 nitrogen and oxygen atoms in total. The van der Waals surface area contributed by atoms with Gasteiger partial charge in [0.15, 0.2) is 0 Å². The fourth-order valence-electron chi connectivity index (χ4n) is 2.42. The number of nitrogens with zero attached hydrogens (tertiary/aromatic N) is 1. The molecule has 0 fully saturated rings. The average molecular weight is 292 g/mol. The molecule has 4 heteroatoms. The zero-order valence-corrected chi connectivity index (χ0v) is 13.6. The largest absolute Gasteiger partial charge is 0.465 e. The minimum atomic E-state index is -0.187. The molecule has 0 radical (unpaired) electrons. The lowest BCUT2D eigenvalue weighted by atomic mass is 10.1. The Balaban J connectivity index is 2.90. The number of nitrogen functional groups attached to an aromatic ring is 1. The zero-order valence-electron chi connectivity index (χ0n) is 13.6. The van der Waals surface area contributed by atoms with E-state index in [1.165, 1.54) is 0 Å². The average Bonchev–Trinajstić information content (AvgIpc) is 2.44. The van der Waals surface area contributed by atoms with E-state index in [-0.39, 0.29) is 18.1 Å². The number of nitrogens with two attached hydrogens (primary N) is 1. The van der Waals surface area contributed by atoms with E-state index in [1.807, 2.05) is 31.2 Å². The van der Waals surface area contributed by atoms with E-state index >= 15 is 0 Å². The minimum absolute atomic E-state index is 0.122. The third-order valence-electron chi connectivity index (χ3n) is 3.53. The highest BCUT2D eigenvalue weighted by Gasteiger charge is 2.28. The van der Waals surface area contributed by atoms with Crippen LogP contribution >= 0.6 is 0 Å². The van der Waals surface area contributed by atoms with Gasteiger partial charge in [0.25, 0.3) is 0 Å². The van der Waals surface area contributed by atoms with Crippen molar-refractivity contribution in [3.05, 3.63) is 29.8 Å². The van der Waals surface area contributed by atoms with E-state index in [2.05, 4.69) is 25.7 Å². The third-order valence-corrected chi connectivity index (χ3v) is 3.53. The molecule has 0 amide bonds. The van der Waals surface area contributed by atoms with Crippen molar-refractivity contribution in [2.24, 2.45) is 0 Å². The second-order valence-corrected chi connectivity index (χ2v) is 5.56. The summed E-state index contributed by atoms with van der Waals surface area (Å²) in [6.45, 7) is 9.31. The lowest BCUT2D eigenvalue weighted by Gasteiger charge is -2.33. The fraction of sp³-hybridized carbons (Fsp3) is 0.588. The van der Waals surface area contributed by atoms with E-state index in [1.54, 1.807) is 0 Å². The second kappa shape index (κ2) is 8.67. The maximum absolute atomic E-state index is 12.2. The van der Waals surface area contributed by atoms with Crippen molar-refractivity contribution >= 4 is 11.7 Å². The molecule has 0 aromatic heterocycles. The van der Waals surface area contributed by atoms with Gasteiger partial charge >= 0.3 is 5.97 Å². The fourth-order valence-corrected chi connectivity index (χ4v) is 2.42. The summed E-state index contributed by atoms with van der Waals surface area (Å²) in [7, 11) is 0. The summed E-state index contributed by atoms with van der Waals surface area (Å²) in [6.07, 6.45) is 1.76. The first kappa shape index (κ1) is 17.5. The van der Waals surface area contributed by atoms with Gasteiger partial charge in [0.2, 0.25) is 0 Å². The van der Waals surface area contributed by atoms with Gasteiger partial charge in [-0.1, -0.05) is 25.5 Å². The van der Waals surface area contributed by atoms with Gasteiger partial charge in [-0.15, -0.1) is 0 Å². The van der Waals surface area contributed by atoms with Crippen LogP contribution in [0.4, 0.5) is 5.69 Å². The predicted molar refractivity (Wildman–Crippen MR) is 86.9 cm³/mol. The van der Waals surface area contributed by atoms with Gasteiger partial charge in [-0.3, -0.25) is 9.69 Å². The molecule has 0 spiro atoms. The van der Waals surface area contributed by atoms with E-state index < -0.39 is 0 Å².